The molecule has 0 aliphatic carbocycles. The fourth-order valence-corrected chi connectivity index (χ4v) is 3.86. The molecule has 0 aromatic heterocycles. The van der Waals surface area contributed by atoms with Gasteiger partial charge in [0.25, 0.3) is 0 Å². The van der Waals surface area contributed by atoms with Gasteiger partial charge in [0.2, 0.25) is 0 Å². The lowest BCUT2D eigenvalue weighted by Gasteiger charge is -2.14. The van der Waals surface area contributed by atoms with E-state index in [9.17, 15) is 25.2 Å². The first-order valence-corrected chi connectivity index (χ1v) is 11.4. The normalized spacial score (nSPS) is 13.3. The number of rotatable bonds is 17. The van der Waals surface area contributed by atoms with Crippen LogP contribution in [0.15, 0.2) is 18.2 Å². The van der Waals surface area contributed by atoms with Crippen molar-refractivity contribution in [2.45, 2.75) is 109 Å². The van der Waals surface area contributed by atoms with Gasteiger partial charge in [0.15, 0.2) is 0 Å². The summed E-state index contributed by atoms with van der Waals surface area (Å²) in [7, 11) is 0. The molecule has 0 amide bonds. The van der Waals surface area contributed by atoms with E-state index >= 15 is 0 Å². The molecule has 29 heavy (non-hydrogen) atoms. The van der Waals surface area contributed by atoms with Crippen LogP contribution in [0.5, 0.6) is 5.75 Å². The van der Waals surface area contributed by atoms with Gasteiger partial charge in [-0.05, 0) is 43.7 Å². The summed E-state index contributed by atoms with van der Waals surface area (Å²) in [4.78, 5) is 11.3. The van der Waals surface area contributed by atoms with Gasteiger partial charge < -0.3 is 20.4 Å². The van der Waals surface area contributed by atoms with Crippen molar-refractivity contribution in [3.63, 3.8) is 0 Å². The molecule has 0 unspecified atom stereocenters. The number of hydrogen-bond acceptors (Lipinski definition) is 4. The van der Waals surface area contributed by atoms with Gasteiger partial charge >= 0.3 is 5.97 Å². The van der Waals surface area contributed by atoms with Gasteiger partial charge in [0.05, 0.1) is 12.2 Å². The van der Waals surface area contributed by atoms with Crippen molar-refractivity contribution >= 4 is 5.97 Å². The largest absolute Gasteiger partial charge is 0.507 e. The van der Waals surface area contributed by atoms with Crippen LogP contribution in [0.25, 0.3) is 0 Å². The Morgan fingerprint density at radius 3 is 2.00 bits per heavy atom. The van der Waals surface area contributed by atoms with Gasteiger partial charge in [0, 0.05) is 0 Å². The zero-order valence-electron chi connectivity index (χ0n) is 18.0. The summed E-state index contributed by atoms with van der Waals surface area (Å²) in [5.41, 5.74) is 0.749. The number of aliphatic hydroxyl groups is 2. The molecular formula is C24H40O5. The van der Waals surface area contributed by atoms with Crippen LogP contribution in [-0.4, -0.2) is 38.6 Å². The van der Waals surface area contributed by atoms with Crippen LogP contribution in [0, 0.1) is 0 Å². The van der Waals surface area contributed by atoms with Crippen LogP contribution >= 0.6 is 0 Å². The zero-order valence-corrected chi connectivity index (χ0v) is 18.0. The summed E-state index contributed by atoms with van der Waals surface area (Å²) in [6, 6.07) is 4.90. The minimum atomic E-state index is -1.07. The van der Waals surface area contributed by atoms with Crippen LogP contribution in [-0.2, 0) is 6.42 Å². The second-order valence-corrected chi connectivity index (χ2v) is 8.17. The molecule has 4 N–H and O–H groups in total. The van der Waals surface area contributed by atoms with Gasteiger partial charge in [0.1, 0.15) is 11.3 Å². The first-order chi connectivity index (χ1) is 14.0. The molecule has 0 saturated carbocycles. The van der Waals surface area contributed by atoms with Crippen molar-refractivity contribution in [1.82, 2.24) is 0 Å². The van der Waals surface area contributed by atoms with Gasteiger partial charge in [-0.2, -0.15) is 0 Å². The Hall–Kier alpha value is -1.59. The molecule has 0 heterocycles. The van der Waals surface area contributed by atoms with E-state index in [1.807, 2.05) is 6.92 Å². The first-order valence-electron chi connectivity index (χ1n) is 11.4. The van der Waals surface area contributed by atoms with E-state index in [1.54, 1.807) is 12.1 Å². The van der Waals surface area contributed by atoms with E-state index in [1.165, 1.54) is 31.7 Å². The molecule has 5 heteroatoms. The molecular weight excluding hydrogens is 368 g/mol. The Morgan fingerprint density at radius 1 is 0.862 bits per heavy atom. The highest BCUT2D eigenvalue weighted by Crippen LogP contribution is 2.23. The van der Waals surface area contributed by atoms with Crippen molar-refractivity contribution in [1.29, 1.82) is 0 Å². The number of aromatic carboxylic acids is 1. The van der Waals surface area contributed by atoms with Crippen LogP contribution < -0.4 is 0 Å². The average Bonchev–Trinajstić information content (AvgIpc) is 2.65. The van der Waals surface area contributed by atoms with Crippen molar-refractivity contribution in [2.75, 3.05) is 0 Å². The molecule has 0 aliphatic rings. The van der Waals surface area contributed by atoms with E-state index in [0.717, 1.165) is 51.4 Å². The summed E-state index contributed by atoms with van der Waals surface area (Å²) in [6.45, 7) is 2.04. The third-order valence-corrected chi connectivity index (χ3v) is 5.49. The van der Waals surface area contributed by atoms with Gasteiger partial charge in [-0.15, -0.1) is 0 Å². The predicted octanol–water partition coefficient (Wildman–Crippen LogP) is 5.45. The topological polar surface area (TPSA) is 98.0 Å². The number of phenols is 1. The highest BCUT2D eigenvalue weighted by Gasteiger charge is 2.14. The second-order valence-electron chi connectivity index (χ2n) is 8.17. The molecule has 5 nitrogen and oxygen atoms in total. The van der Waals surface area contributed by atoms with E-state index in [-0.39, 0.29) is 23.5 Å². The lowest BCUT2D eigenvalue weighted by molar-refractivity contribution is 0.0683. The molecule has 166 valence electrons. The van der Waals surface area contributed by atoms with Crippen LogP contribution in [0.4, 0.5) is 0 Å². The number of aliphatic hydroxyl groups excluding tert-OH is 2. The number of unbranched alkanes of at least 4 members (excludes halogenated alkanes) is 8. The molecule has 0 fully saturated rings. The summed E-state index contributed by atoms with van der Waals surface area (Å²) >= 11 is 0. The van der Waals surface area contributed by atoms with E-state index < -0.39 is 5.97 Å². The minimum absolute atomic E-state index is 0.0393. The maximum atomic E-state index is 11.3. The molecule has 0 radical (unpaired) electrons. The highest BCUT2D eigenvalue weighted by molar-refractivity contribution is 5.92. The van der Waals surface area contributed by atoms with Gasteiger partial charge in [-0.3, -0.25) is 0 Å². The molecule has 0 saturated heterocycles. The maximum absolute atomic E-state index is 11.3. The second kappa shape index (κ2) is 15.3. The van der Waals surface area contributed by atoms with E-state index in [0.29, 0.717) is 18.4 Å². The Bertz CT molecular complexity index is 572. The molecule has 1 aromatic carbocycles. The molecule has 1 aromatic rings. The summed E-state index contributed by atoms with van der Waals surface area (Å²) in [5, 5.41) is 38.5. The van der Waals surface area contributed by atoms with Gasteiger partial charge in [-0.25, -0.2) is 4.79 Å². The van der Waals surface area contributed by atoms with Crippen molar-refractivity contribution in [3.8, 4) is 5.75 Å². The smallest absolute Gasteiger partial charge is 0.339 e. The number of aryl methyl sites for hydroxylation is 1. The molecule has 0 aliphatic heterocycles. The summed E-state index contributed by atoms with van der Waals surface area (Å²) in [6.07, 6.45) is 13.1. The quantitative estimate of drug-likeness (QED) is 0.257. The third kappa shape index (κ3) is 11.2. The summed E-state index contributed by atoms with van der Waals surface area (Å²) < 4.78 is 0. The fourth-order valence-electron chi connectivity index (χ4n) is 3.86. The maximum Gasteiger partial charge on any atom is 0.339 e. The standard InChI is InChI=1S/C24H40O5/c1-2-13-20(25)18-21(26)16-11-9-7-5-3-4-6-8-10-14-19-15-12-17-22(27)23(19)24(28)29/h12,15,17,20-21,25-27H,2-11,13-14,16,18H2,1H3,(H,28,29)/t20-,21-/m0/s1. The molecule has 1 rings (SSSR count). The predicted molar refractivity (Wildman–Crippen MR) is 116 cm³/mol. The fraction of sp³-hybridized carbons (Fsp3) is 0.708. The Labute approximate surface area is 175 Å². The third-order valence-electron chi connectivity index (χ3n) is 5.49. The minimum Gasteiger partial charge on any atom is -0.507 e. The number of benzene rings is 1. The SMILES string of the molecule is CCC[C@H](O)C[C@@H](O)CCCCCCCCCCCc1cccc(O)c1C(=O)O. The van der Waals surface area contributed by atoms with Crippen molar-refractivity contribution in [3.05, 3.63) is 29.3 Å². The van der Waals surface area contributed by atoms with E-state index in [4.69, 9.17) is 0 Å². The van der Waals surface area contributed by atoms with Crippen LogP contribution in [0.2, 0.25) is 0 Å². The Morgan fingerprint density at radius 2 is 1.41 bits per heavy atom. The van der Waals surface area contributed by atoms with E-state index in [2.05, 4.69) is 0 Å². The zero-order chi connectivity index (χ0) is 21.5. The molecule has 0 bridgehead atoms. The lowest BCUT2D eigenvalue weighted by Crippen LogP contribution is -2.17. The van der Waals surface area contributed by atoms with Crippen LogP contribution in [0.3, 0.4) is 0 Å². The number of aromatic hydroxyl groups is 1. The van der Waals surface area contributed by atoms with Crippen molar-refractivity contribution in [2.24, 2.45) is 0 Å². The molecule has 2 atom stereocenters. The Kier molecular flexibility index (Phi) is 13.4. The average molecular weight is 409 g/mol. The number of carboxylic acids is 1. The molecule has 0 spiro atoms. The van der Waals surface area contributed by atoms with Crippen LogP contribution in [0.1, 0.15) is 106 Å². The Balaban J connectivity index is 1.99. The monoisotopic (exact) mass is 408 g/mol. The van der Waals surface area contributed by atoms with Crippen molar-refractivity contribution < 1.29 is 25.2 Å². The summed E-state index contributed by atoms with van der Waals surface area (Å²) in [5.74, 6) is -1.22. The number of carbonyl (C=O) groups is 1. The number of hydrogen-bond donors (Lipinski definition) is 4. The highest BCUT2D eigenvalue weighted by atomic mass is 16.4. The van der Waals surface area contributed by atoms with Gasteiger partial charge in [-0.1, -0.05) is 76.8 Å². The lowest BCUT2D eigenvalue weighted by atomic mass is 9.99. The number of carboxylic acid groups (broad SMARTS) is 1. The first kappa shape index (κ1) is 25.4.